The van der Waals surface area contributed by atoms with Gasteiger partial charge in [-0.05, 0) is 17.7 Å². The molecule has 8 heteroatoms. The predicted molar refractivity (Wildman–Crippen MR) is 83.9 cm³/mol. The van der Waals surface area contributed by atoms with Crippen molar-refractivity contribution in [3.05, 3.63) is 33.8 Å². The minimum atomic E-state index is -0.833. The molecule has 0 spiro atoms. The first-order valence-electron chi connectivity index (χ1n) is 6.84. The number of halogens is 2. The first-order valence-corrected chi connectivity index (χ1v) is 7.59. The summed E-state index contributed by atoms with van der Waals surface area (Å²) in [6, 6.07) is 4.57. The van der Waals surface area contributed by atoms with Crippen molar-refractivity contribution < 1.29 is 14.3 Å². The Morgan fingerprint density at radius 2 is 2.14 bits per heavy atom. The van der Waals surface area contributed by atoms with Crippen LogP contribution >= 0.6 is 23.2 Å². The number of nitrogens with one attached hydrogen (secondary N) is 1. The minimum Gasteiger partial charge on any atom is -0.371 e. The summed E-state index contributed by atoms with van der Waals surface area (Å²) in [6.07, 6.45) is 0.0829. The molecule has 3 N–H and O–H groups in total. The van der Waals surface area contributed by atoms with Crippen LogP contribution in [0.1, 0.15) is 18.1 Å². The van der Waals surface area contributed by atoms with Gasteiger partial charge in [0.25, 0.3) is 0 Å². The van der Waals surface area contributed by atoms with Gasteiger partial charge in [-0.25, -0.2) is 4.79 Å². The van der Waals surface area contributed by atoms with E-state index in [9.17, 15) is 9.59 Å². The number of hydrogen-bond acceptors (Lipinski definition) is 4. The van der Waals surface area contributed by atoms with Crippen molar-refractivity contribution in [2.24, 2.45) is 5.73 Å². The zero-order valence-corrected chi connectivity index (χ0v) is 13.4. The van der Waals surface area contributed by atoms with Crippen molar-refractivity contribution in [2.45, 2.75) is 12.5 Å². The third-order valence-corrected chi connectivity index (χ3v) is 4.12. The van der Waals surface area contributed by atoms with Crippen LogP contribution < -0.4 is 11.1 Å². The molecule has 2 rings (SSSR count). The Kier molecular flexibility index (Phi) is 6.02. The van der Waals surface area contributed by atoms with Crippen LogP contribution in [-0.2, 0) is 9.53 Å². The highest BCUT2D eigenvalue weighted by atomic mass is 35.5. The number of carbonyl (C=O) groups excluding carboxylic acids is 2. The van der Waals surface area contributed by atoms with Crippen molar-refractivity contribution in [2.75, 3.05) is 26.2 Å². The Bertz CT molecular complexity index is 568. The van der Waals surface area contributed by atoms with E-state index >= 15 is 0 Å². The van der Waals surface area contributed by atoms with Crippen LogP contribution in [0, 0.1) is 0 Å². The van der Waals surface area contributed by atoms with E-state index in [0.717, 1.165) is 12.1 Å². The Morgan fingerprint density at radius 3 is 2.82 bits per heavy atom. The van der Waals surface area contributed by atoms with Gasteiger partial charge < -0.3 is 10.5 Å². The van der Waals surface area contributed by atoms with Crippen LogP contribution in [0.3, 0.4) is 0 Å². The van der Waals surface area contributed by atoms with Gasteiger partial charge in [-0.1, -0.05) is 29.3 Å². The average Bonchev–Trinajstić information content (AvgIpc) is 2.47. The number of amides is 3. The lowest BCUT2D eigenvalue weighted by Gasteiger charge is -2.33. The lowest BCUT2D eigenvalue weighted by atomic mass is 10.1. The fourth-order valence-corrected chi connectivity index (χ4v) is 2.59. The molecule has 0 aromatic heterocycles. The standard InChI is InChI=1S/C14H17Cl2N3O3/c15-10-2-1-9(7-11(10)16)12-8-19(5-6-22-12)4-3-13(20)18-14(17)21/h1-2,7,12H,3-6,8H2,(H3,17,18,20,21)/t12-/m0/s1. The number of imide groups is 1. The highest BCUT2D eigenvalue weighted by Gasteiger charge is 2.23. The van der Waals surface area contributed by atoms with E-state index in [4.69, 9.17) is 33.7 Å². The summed E-state index contributed by atoms with van der Waals surface area (Å²) >= 11 is 11.9. The molecule has 1 fully saturated rings. The van der Waals surface area contributed by atoms with Gasteiger partial charge >= 0.3 is 6.03 Å². The molecule has 0 aliphatic carbocycles. The van der Waals surface area contributed by atoms with E-state index < -0.39 is 6.03 Å². The molecule has 22 heavy (non-hydrogen) atoms. The van der Waals surface area contributed by atoms with Gasteiger partial charge in [0.15, 0.2) is 0 Å². The molecule has 6 nitrogen and oxygen atoms in total. The molecule has 1 heterocycles. The highest BCUT2D eigenvalue weighted by molar-refractivity contribution is 6.42. The van der Waals surface area contributed by atoms with Crippen LogP contribution in [0.2, 0.25) is 10.0 Å². The Labute approximate surface area is 138 Å². The normalized spacial score (nSPS) is 18.9. The van der Waals surface area contributed by atoms with Gasteiger partial charge in [0, 0.05) is 26.1 Å². The van der Waals surface area contributed by atoms with Crippen molar-refractivity contribution >= 4 is 35.1 Å². The number of benzene rings is 1. The molecule has 0 radical (unpaired) electrons. The third-order valence-electron chi connectivity index (χ3n) is 3.38. The second-order valence-corrected chi connectivity index (χ2v) is 5.81. The summed E-state index contributed by atoms with van der Waals surface area (Å²) in [5.41, 5.74) is 5.84. The Hall–Kier alpha value is -1.34. The second-order valence-electron chi connectivity index (χ2n) is 5.00. The first kappa shape index (κ1) is 17.0. The molecule has 120 valence electrons. The quantitative estimate of drug-likeness (QED) is 0.873. The zero-order chi connectivity index (χ0) is 16.1. The molecular formula is C14H17Cl2N3O3. The molecular weight excluding hydrogens is 329 g/mol. The Morgan fingerprint density at radius 1 is 1.36 bits per heavy atom. The summed E-state index contributed by atoms with van der Waals surface area (Å²) in [5.74, 6) is -0.384. The number of hydrogen-bond donors (Lipinski definition) is 2. The van der Waals surface area contributed by atoms with E-state index in [1.807, 2.05) is 11.4 Å². The fraction of sp³-hybridized carbons (Fsp3) is 0.429. The van der Waals surface area contributed by atoms with Gasteiger partial charge in [-0.15, -0.1) is 0 Å². The molecule has 1 aliphatic rings. The van der Waals surface area contributed by atoms with E-state index in [-0.39, 0.29) is 18.4 Å². The fourth-order valence-electron chi connectivity index (χ4n) is 2.28. The largest absolute Gasteiger partial charge is 0.371 e. The number of carbonyl (C=O) groups is 2. The summed E-state index contributed by atoms with van der Waals surface area (Å²) < 4.78 is 5.74. The summed E-state index contributed by atoms with van der Waals surface area (Å²) in [7, 11) is 0. The molecule has 1 aromatic rings. The maximum atomic E-state index is 11.4. The number of urea groups is 1. The van der Waals surface area contributed by atoms with Crippen LogP contribution in [0.15, 0.2) is 18.2 Å². The highest BCUT2D eigenvalue weighted by Crippen LogP contribution is 2.29. The van der Waals surface area contributed by atoms with Crippen molar-refractivity contribution in [1.29, 1.82) is 0 Å². The predicted octanol–water partition coefficient (Wildman–Crippen LogP) is 1.95. The topological polar surface area (TPSA) is 84.7 Å². The number of ether oxygens (including phenoxy) is 1. The number of nitrogens with two attached hydrogens (primary N) is 1. The molecule has 0 unspecified atom stereocenters. The zero-order valence-electron chi connectivity index (χ0n) is 11.9. The van der Waals surface area contributed by atoms with Crippen LogP contribution in [-0.4, -0.2) is 43.1 Å². The number of rotatable bonds is 4. The van der Waals surface area contributed by atoms with Crippen LogP contribution in [0.4, 0.5) is 4.79 Å². The number of primary amides is 1. The van der Waals surface area contributed by atoms with Crippen molar-refractivity contribution in [3.8, 4) is 0 Å². The molecule has 1 atom stereocenters. The molecule has 1 aromatic carbocycles. The SMILES string of the molecule is NC(=O)NC(=O)CCN1CCO[C@H](c2ccc(Cl)c(Cl)c2)C1. The third kappa shape index (κ3) is 4.84. The van der Waals surface area contributed by atoms with Crippen molar-refractivity contribution in [3.63, 3.8) is 0 Å². The molecule has 0 saturated carbocycles. The van der Waals surface area contributed by atoms with Crippen LogP contribution in [0.25, 0.3) is 0 Å². The number of nitrogens with zero attached hydrogens (tertiary/aromatic N) is 1. The summed E-state index contributed by atoms with van der Waals surface area (Å²) in [5, 5.41) is 3.04. The van der Waals surface area contributed by atoms with E-state index in [1.54, 1.807) is 12.1 Å². The van der Waals surface area contributed by atoms with E-state index in [0.29, 0.717) is 29.7 Å². The van der Waals surface area contributed by atoms with Gasteiger partial charge in [-0.2, -0.15) is 0 Å². The minimum absolute atomic E-state index is 0.122. The van der Waals surface area contributed by atoms with Gasteiger partial charge in [0.1, 0.15) is 0 Å². The maximum absolute atomic E-state index is 11.4. The van der Waals surface area contributed by atoms with Gasteiger partial charge in [0.2, 0.25) is 5.91 Å². The smallest absolute Gasteiger partial charge is 0.318 e. The summed E-state index contributed by atoms with van der Waals surface area (Å²) in [6.45, 7) is 2.45. The average molecular weight is 346 g/mol. The molecule has 0 bridgehead atoms. The maximum Gasteiger partial charge on any atom is 0.318 e. The first-order chi connectivity index (χ1) is 10.5. The lowest BCUT2D eigenvalue weighted by molar-refractivity contribution is -0.120. The van der Waals surface area contributed by atoms with E-state index in [2.05, 4.69) is 4.90 Å². The number of morpholine rings is 1. The monoisotopic (exact) mass is 345 g/mol. The molecule has 1 saturated heterocycles. The Balaban J connectivity index is 1.90. The van der Waals surface area contributed by atoms with Gasteiger partial charge in [0.05, 0.1) is 22.8 Å². The summed E-state index contributed by atoms with van der Waals surface area (Å²) in [4.78, 5) is 24.1. The van der Waals surface area contributed by atoms with Gasteiger partial charge in [-0.3, -0.25) is 15.0 Å². The molecule has 3 amide bonds. The van der Waals surface area contributed by atoms with E-state index in [1.165, 1.54) is 0 Å². The van der Waals surface area contributed by atoms with Crippen molar-refractivity contribution in [1.82, 2.24) is 10.2 Å². The molecule has 1 aliphatic heterocycles. The second kappa shape index (κ2) is 7.78. The lowest BCUT2D eigenvalue weighted by Crippen LogP contribution is -2.41. The van der Waals surface area contributed by atoms with Crippen LogP contribution in [0.5, 0.6) is 0 Å².